The van der Waals surface area contributed by atoms with Crippen LogP contribution in [0.3, 0.4) is 0 Å². The number of benzene rings is 3. The maximum absolute atomic E-state index is 15.9. The molecule has 0 unspecified atom stereocenters. The molecule has 11 heteroatoms. The molecule has 0 bridgehead atoms. The van der Waals surface area contributed by atoms with Crippen molar-refractivity contribution in [3.63, 3.8) is 0 Å². The Morgan fingerprint density at radius 3 is 2.29 bits per heavy atom. The fourth-order valence-corrected chi connectivity index (χ4v) is 7.20. The molecule has 3 aromatic carbocycles. The fraction of sp³-hybridized carbons (Fsp3) is 0.421. The third-order valence-corrected chi connectivity index (χ3v) is 14.7. The molecule has 2 heterocycles. The van der Waals surface area contributed by atoms with Crippen LogP contribution in [-0.2, 0) is 21.3 Å². The summed E-state index contributed by atoms with van der Waals surface area (Å²) in [6.45, 7) is 10.6. The molecular formula is C38H46F3N3O4Si. The summed E-state index contributed by atoms with van der Waals surface area (Å²) < 4.78 is 57.8. The molecule has 2 aliphatic rings. The zero-order valence-electron chi connectivity index (χ0n) is 29.1. The van der Waals surface area contributed by atoms with Gasteiger partial charge >= 0.3 is 12.1 Å². The number of piperidine rings is 1. The molecule has 0 aliphatic carbocycles. The standard InChI is InChI=1S/C38H46F3N3O4Si/c1-37(2,3)49(5,6)48-26-38(29-15-11-8-12-16-29)22-28(31-21-30(39)17-18-32(31)40)23-44(38)35(45)42(4)34-19-20-43(24-33(34)41)36(46)47-25-27-13-9-7-10-14-27/h7-18,21-22,33-34H,19-20,23-26H2,1-6H3/t33-,34+,38-/m1/s1. The van der Waals surface area contributed by atoms with E-state index >= 15 is 8.78 Å². The number of carbonyl (C=O) groups excluding carboxylic acids is 2. The SMILES string of the molecule is CN(C(=O)N1CC(c2cc(F)ccc2F)=C[C@@]1(CO[Si](C)(C)C(C)(C)C)c1ccccc1)[C@H]1CCN(C(=O)OCc2ccccc2)C[C@H]1F. The molecule has 49 heavy (non-hydrogen) atoms. The molecule has 7 nitrogen and oxygen atoms in total. The number of likely N-dealkylation sites (tertiary alicyclic amines) is 1. The summed E-state index contributed by atoms with van der Waals surface area (Å²) in [6, 6.07) is 20.5. The minimum atomic E-state index is -2.38. The van der Waals surface area contributed by atoms with Gasteiger partial charge in [-0.1, -0.05) is 81.4 Å². The average molecular weight is 694 g/mol. The Labute approximate surface area is 288 Å². The van der Waals surface area contributed by atoms with Crippen molar-refractivity contribution in [1.82, 2.24) is 14.7 Å². The van der Waals surface area contributed by atoms with E-state index in [0.717, 1.165) is 29.3 Å². The third kappa shape index (κ3) is 7.73. The Balaban J connectivity index is 1.43. The molecule has 0 N–H and O–H groups in total. The van der Waals surface area contributed by atoms with Crippen LogP contribution >= 0.6 is 0 Å². The van der Waals surface area contributed by atoms with Gasteiger partial charge in [0.05, 0.1) is 19.2 Å². The van der Waals surface area contributed by atoms with Gasteiger partial charge in [0.25, 0.3) is 0 Å². The summed E-state index contributed by atoms with van der Waals surface area (Å²) in [5.74, 6) is -1.21. The summed E-state index contributed by atoms with van der Waals surface area (Å²) in [5.41, 5.74) is 0.828. The zero-order valence-corrected chi connectivity index (χ0v) is 30.1. The van der Waals surface area contributed by atoms with E-state index in [1.165, 1.54) is 9.80 Å². The van der Waals surface area contributed by atoms with Gasteiger partial charge in [0, 0.05) is 25.7 Å². The van der Waals surface area contributed by atoms with Gasteiger partial charge in [0.15, 0.2) is 8.32 Å². The molecule has 0 aromatic heterocycles. The van der Waals surface area contributed by atoms with Crippen molar-refractivity contribution in [3.05, 3.63) is 113 Å². The van der Waals surface area contributed by atoms with E-state index in [-0.39, 0.29) is 49.9 Å². The highest BCUT2D eigenvalue weighted by atomic mass is 28.4. The molecule has 1 saturated heterocycles. The lowest BCUT2D eigenvalue weighted by atomic mass is 9.89. The minimum Gasteiger partial charge on any atom is -0.445 e. The van der Waals surface area contributed by atoms with Gasteiger partial charge in [-0.25, -0.2) is 22.8 Å². The molecule has 1 fully saturated rings. The lowest BCUT2D eigenvalue weighted by Gasteiger charge is -2.46. The highest BCUT2D eigenvalue weighted by Gasteiger charge is 2.50. The van der Waals surface area contributed by atoms with Crippen LogP contribution in [0.5, 0.6) is 0 Å². The second-order valence-corrected chi connectivity index (χ2v) is 19.3. The highest BCUT2D eigenvalue weighted by molar-refractivity contribution is 6.74. The molecular weight excluding hydrogens is 648 g/mol. The first-order valence-corrected chi connectivity index (χ1v) is 19.5. The predicted octanol–water partition coefficient (Wildman–Crippen LogP) is 8.38. The van der Waals surface area contributed by atoms with E-state index < -0.39 is 49.8 Å². The number of alkyl halides is 1. The predicted molar refractivity (Wildman–Crippen MR) is 187 cm³/mol. The second-order valence-electron chi connectivity index (χ2n) is 14.5. The van der Waals surface area contributed by atoms with Crippen molar-refractivity contribution in [2.45, 2.75) is 69.7 Å². The van der Waals surface area contributed by atoms with Crippen LogP contribution in [0.15, 0.2) is 84.9 Å². The van der Waals surface area contributed by atoms with Gasteiger partial charge in [0.1, 0.15) is 30.0 Å². The smallest absolute Gasteiger partial charge is 0.410 e. The normalized spacial score (nSPS) is 21.4. The fourth-order valence-electron chi connectivity index (χ4n) is 6.18. The van der Waals surface area contributed by atoms with Gasteiger partial charge in [-0.05, 0) is 65.5 Å². The van der Waals surface area contributed by atoms with Crippen LogP contribution in [0.2, 0.25) is 18.1 Å². The van der Waals surface area contributed by atoms with Gasteiger partial charge in [-0.2, -0.15) is 0 Å². The number of rotatable bonds is 8. The van der Waals surface area contributed by atoms with Crippen LogP contribution in [0.4, 0.5) is 22.8 Å². The van der Waals surface area contributed by atoms with E-state index in [1.807, 2.05) is 60.7 Å². The number of hydrogen-bond acceptors (Lipinski definition) is 4. The Morgan fingerprint density at radius 2 is 1.65 bits per heavy atom. The number of halogens is 3. The number of ether oxygens (including phenoxy) is 1. The van der Waals surface area contributed by atoms with Crippen molar-refractivity contribution < 1.29 is 31.9 Å². The average Bonchev–Trinajstić information content (AvgIpc) is 3.47. The molecule has 0 spiro atoms. The van der Waals surface area contributed by atoms with Crippen molar-refractivity contribution in [1.29, 1.82) is 0 Å². The Hall–Kier alpha value is -4.09. The van der Waals surface area contributed by atoms with Gasteiger partial charge < -0.3 is 23.9 Å². The lowest BCUT2D eigenvalue weighted by molar-refractivity contribution is 0.0282. The molecule has 5 rings (SSSR count). The monoisotopic (exact) mass is 693 g/mol. The Bertz CT molecular complexity index is 1670. The molecule has 3 atom stereocenters. The van der Waals surface area contributed by atoms with E-state index in [4.69, 9.17) is 9.16 Å². The van der Waals surface area contributed by atoms with Crippen LogP contribution in [0, 0.1) is 11.6 Å². The number of hydrogen-bond donors (Lipinski definition) is 0. The molecule has 2 aliphatic heterocycles. The maximum atomic E-state index is 15.9. The van der Waals surface area contributed by atoms with Gasteiger partial charge in [-0.3, -0.25) is 0 Å². The molecule has 0 saturated carbocycles. The zero-order chi connectivity index (χ0) is 35.6. The quantitative estimate of drug-likeness (QED) is 0.223. The van der Waals surface area contributed by atoms with Crippen LogP contribution in [0.1, 0.15) is 43.9 Å². The Kier molecular flexibility index (Phi) is 10.6. The molecule has 262 valence electrons. The van der Waals surface area contributed by atoms with Crippen molar-refractivity contribution in [2.75, 3.05) is 33.3 Å². The number of urea groups is 1. The van der Waals surface area contributed by atoms with Gasteiger partial charge in [0.2, 0.25) is 0 Å². The van der Waals surface area contributed by atoms with E-state index in [9.17, 15) is 14.0 Å². The van der Waals surface area contributed by atoms with Crippen molar-refractivity contribution in [3.8, 4) is 0 Å². The summed E-state index contributed by atoms with van der Waals surface area (Å²) in [7, 11) is -0.830. The van der Waals surface area contributed by atoms with Crippen LogP contribution < -0.4 is 0 Å². The van der Waals surface area contributed by atoms with Crippen molar-refractivity contribution in [2.24, 2.45) is 0 Å². The first-order chi connectivity index (χ1) is 23.1. The number of amides is 3. The topological polar surface area (TPSA) is 62.3 Å². The number of carbonyl (C=O) groups is 2. The first-order valence-electron chi connectivity index (χ1n) is 16.6. The number of nitrogens with zero attached hydrogens (tertiary/aromatic N) is 3. The molecule has 0 radical (unpaired) electrons. The van der Waals surface area contributed by atoms with Gasteiger partial charge in [-0.15, -0.1) is 0 Å². The summed E-state index contributed by atoms with van der Waals surface area (Å²) in [6.07, 6.45) is -0.167. The Morgan fingerprint density at radius 1 is 1.00 bits per heavy atom. The molecule has 3 amide bonds. The largest absolute Gasteiger partial charge is 0.445 e. The second kappa shape index (κ2) is 14.4. The van der Waals surface area contributed by atoms with E-state index in [0.29, 0.717) is 5.57 Å². The van der Waals surface area contributed by atoms with Crippen LogP contribution in [0.25, 0.3) is 5.57 Å². The summed E-state index contributed by atoms with van der Waals surface area (Å²) in [5, 5.41) is -0.145. The highest BCUT2D eigenvalue weighted by Crippen LogP contribution is 2.45. The van der Waals surface area contributed by atoms with Crippen LogP contribution in [-0.4, -0.2) is 80.6 Å². The summed E-state index contributed by atoms with van der Waals surface area (Å²) >= 11 is 0. The van der Waals surface area contributed by atoms with Crippen molar-refractivity contribution >= 4 is 26.0 Å². The van der Waals surface area contributed by atoms with E-state index in [1.54, 1.807) is 18.0 Å². The lowest BCUT2D eigenvalue weighted by Crippen LogP contribution is -2.60. The minimum absolute atomic E-state index is 0.0521. The van der Waals surface area contributed by atoms with E-state index in [2.05, 4.69) is 33.9 Å². The molecule has 3 aromatic rings. The summed E-state index contributed by atoms with van der Waals surface area (Å²) in [4.78, 5) is 31.7. The first kappa shape index (κ1) is 36.2. The maximum Gasteiger partial charge on any atom is 0.410 e. The third-order valence-electron chi connectivity index (χ3n) is 10.2.